The largest absolute Gasteiger partial charge is 0.393 e. The summed E-state index contributed by atoms with van der Waals surface area (Å²) in [6.45, 7) is 7.27. The first-order valence-electron chi connectivity index (χ1n) is 8.84. The molecule has 1 atom stereocenters. The van der Waals surface area contributed by atoms with Crippen LogP contribution in [0.15, 0.2) is 24.3 Å². The molecule has 3 N–H and O–H groups in total. The van der Waals surface area contributed by atoms with Crippen molar-refractivity contribution < 1.29 is 9.90 Å². The second kappa shape index (κ2) is 8.21. The molecular weight excluding hydrogens is 316 g/mol. The van der Waals surface area contributed by atoms with E-state index in [0.717, 1.165) is 37.3 Å². The van der Waals surface area contributed by atoms with Gasteiger partial charge in [-0.2, -0.15) is 5.26 Å². The lowest BCUT2D eigenvalue weighted by Gasteiger charge is -2.33. The van der Waals surface area contributed by atoms with Crippen LogP contribution in [0.2, 0.25) is 0 Å². The summed E-state index contributed by atoms with van der Waals surface area (Å²) in [7, 11) is 0. The highest BCUT2D eigenvalue weighted by molar-refractivity contribution is 5.83. The number of amides is 1. The quantitative estimate of drug-likeness (QED) is 0.736. The molecule has 0 saturated carbocycles. The number of rotatable bonds is 6. The standard InChI is InChI=1S/C19H28N4O2/c1-14(2)19(3,13-20)22-18(25)12-21-16-6-4-5-7-17(16)23-10-8-15(24)9-11-23/h4-7,14-15,21,24H,8-12H2,1-3H3,(H,22,25). The third kappa shape index (κ3) is 4.86. The molecule has 0 spiro atoms. The van der Waals surface area contributed by atoms with Crippen LogP contribution in [0.4, 0.5) is 11.4 Å². The fourth-order valence-electron chi connectivity index (χ4n) is 2.82. The lowest BCUT2D eigenvalue weighted by Crippen LogP contribution is -2.50. The third-order valence-electron chi connectivity index (χ3n) is 4.93. The topological polar surface area (TPSA) is 88.4 Å². The smallest absolute Gasteiger partial charge is 0.240 e. The zero-order valence-electron chi connectivity index (χ0n) is 15.2. The minimum atomic E-state index is -0.874. The number of carbonyl (C=O) groups is 1. The Labute approximate surface area is 149 Å². The van der Waals surface area contributed by atoms with Gasteiger partial charge in [-0.1, -0.05) is 26.0 Å². The first kappa shape index (κ1) is 19.1. The molecule has 1 amide bonds. The fourth-order valence-corrected chi connectivity index (χ4v) is 2.82. The van der Waals surface area contributed by atoms with E-state index in [1.165, 1.54) is 0 Å². The molecular formula is C19H28N4O2. The van der Waals surface area contributed by atoms with Crippen molar-refractivity contribution in [2.45, 2.75) is 45.3 Å². The second-order valence-electron chi connectivity index (χ2n) is 7.11. The number of aliphatic hydroxyl groups is 1. The average molecular weight is 344 g/mol. The Morgan fingerprint density at radius 1 is 1.40 bits per heavy atom. The molecule has 2 rings (SSSR count). The Bertz CT molecular complexity index is 633. The number of nitrogens with one attached hydrogen (secondary N) is 2. The van der Waals surface area contributed by atoms with Gasteiger partial charge in [0.1, 0.15) is 5.54 Å². The van der Waals surface area contributed by atoms with Gasteiger partial charge in [0.15, 0.2) is 0 Å². The highest BCUT2D eigenvalue weighted by atomic mass is 16.3. The summed E-state index contributed by atoms with van der Waals surface area (Å²) < 4.78 is 0. The SMILES string of the molecule is CC(C)C(C)(C#N)NC(=O)CNc1ccccc1N1CCC(O)CC1. The lowest BCUT2D eigenvalue weighted by atomic mass is 9.90. The molecule has 1 aromatic rings. The molecule has 0 aliphatic carbocycles. The Balaban J connectivity index is 1.99. The van der Waals surface area contributed by atoms with Crippen LogP contribution in [0.25, 0.3) is 0 Å². The second-order valence-corrected chi connectivity index (χ2v) is 7.11. The minimum Gasteiger partial charge on any atom is -0.393 e. The average Bonchev–Trinajstić information content (AvgIpc) is 2.60. The number of aliphatic hydroxyl groups excluding tert-OH is 1. The number of hydrogen-bond donors (Lipinski definition) is 3. The molecule has 1 saturated heterocycles. The van der Waals surface area contributed by atoms with Crippen molar-refractivity contribution in [2.75, 3.05) is 29.9 Å². The predicted molar refractivity (Wildman–Crippen MR) is 99.4 cm³/mol. The molecule has 1 aromatic carbocycles. The van der Waals surface area contributed by atoms with E-state index in [1.54, 1.807) is 6.92 Å². The van der Waals surface area contributed by atoms with Gasteiger partial charge in [-0.3, -0.25) is 4.79 Å². The monoisotopic (exact) mass is 344 g/mol. The molecule has 1 aliphatic rings. The summed E-state index contributed by atoms with van der Waals surface area (Å²) >= 11 is 0. The lowest BCUT2D eigenvalue weighted by molar-refractivity contribution is -0.121. The van der Waals surface area contributed by atoms with Crippen LogP contribution in [0.5, 0.6) is 0 Å². The van der Waals surface area contributed by atoms with Crippen LogP contribution in [0, 0.1) is 17.2 Å². The van der Waals surface area contributed by atoms with Gasteiger partial charge >= 0.3 is 0 Å². The van der Waals surface area contributed by atoms with Crippen LogP contribution in [0.1, 0.15) is 33.6 Å². The fraction of sp³-hybridized carbons (Fsp3) is 0.579. The van der Waals surface area contributed by atoms with Crippen molar-refractivity contribution in [3.8, 4) is 6.07 Å². The Morgan fingerprint density at radius 2 is 2.04 bits per heavy atom. The normalized spacial score (nSPS) is 17.7. The molecule has 6 heteroatoms. The van der Waals surface area contributed by atoms with E-state index < -0.39 is 5.54 Å². The number of hydrogen-bond acceptors (Lipinski definition) is 5. The van der Waals surface area contributed by atoms with Gasteiger partial charge in [0.2, 0.25) is 5.91 Å². The van der Waals surface area contributed by atoms with Crippen LogP contribution in [-0.4, -0.2) is 42.3 Å². The van der Waals surface area contributed by atoms with E-state index in [1.807, 2.05) is 38.1 Å². The van der Waals surface area contributed by atoms with Crippen molar-refractivity contribution in [3.63, 3.8) is 0 Å². The Hall–Kier alpha value is -2.26. The summed E-state index contributed by atoms with van der Waals surface area (Å²) in [5.41, 5.74) is 1.05. The molecule has 25 heavy (non-hydrogen) atoms. The predicted octanol–water partition coefficient (Wildman–Crippen LogP) is 2.11. The van der Waals surface area contributed by atoms with E-state index in [-0.39, 0.29) is 24.5 Å². The summed E-state index contributed by atoms with van der Waals surface area (Å²) in [5.74, 6) is -0.185. The maximum Gasteiger partial charge on any atom is 0.240 e. The Morgan fingerprint density at radius 3 is 2.64 bits per heavy atom. The van der Waals surface area contributed by atoms with Gasteiger partial charge in [-0.05, 0) is 37.8 Å². The molecule has 0 aromatic heterocycles. The number of para-hydroxylation sites is 2. The van der Waals surface area contributed by atoms with Crippen molar-refractivity contribution in [1.82, 2.24) is 5.32 Å². The van der Waals surface area contributed by atoms with Gasteiger partial charge in [0, 0.05) is 13.1 Å². The molecule has 1 aliphatic heterocycles. The minimum absolute atomic E-state index is 0.0218. The molecule has 136 valence electrons. The highest BCUT2D eigenvalue weighted by Gasteiger charge is 2.29. The zero-order valence-corrected chi connectivity index (χ0v) is 15.2. The summed E-state index contributed by atoms with van der Waals surface area (Å²) in [4.78, 5) is 14.5. The van der Waals surface area contributed by atoms with Gasteiger partial charge < -0.3 is 20.6 Å². The molecule has 0 radical (unpaired) electrons. The maximum atomic E-state index is 12.3. The highest BCUT2D eigenvalue weighted by Crippen LogP contribution is 2.28. The van der Waals surface area contributed by atoms with Gasteiger partial charge in [0.25, 0.3) is 0 Å². The number of anilines is 2. The van der Waals surface area contributed by atoms with Crippen LogP contribution >= 0.6 is 0 Å². The van der Waals surface area contributed by atoms with E-state index in [9.17, 15) is 15.2 Å². The number of piperidine rings is 1. The first-order chi connectivity index (χ1) is 11.9. The van der Waals surface area contributed by atoms with E-state index >= 15 is 0 Å². The number of nitriles is 1. The van der Waals surface area contributed by atoms with Gasteiger partial charge in [-0.15, -0.1) is 0 Å². The van der Waals surface area contributed by atoms with Gasteiger partial charge in [-0.25, -0.2) is 0 Å². The summed E-state index contributed by atoms with van der Waals surface area (Å²) in [6.07, 6.45) is 1.29. The van der Waals surface area contributed by atoms with E-state index in [4.69, 9.17) is 0 Å². The maximum absolute atomic E-state index is 12.3. The number of nitrogens with zero attached hydrogens (tertiary/aromatic N) is 2. The first-order valence-corrected chi connectivity index (χ1v) is 8.84. The summed E-state index contributed by atoms with van der Waals surface area (Å²) in [6, 6.07) is 10.0. The van der Waals surface area contributed by atoms with E-state index in [2.05, 4.69) is 21.6 Å². The number of benzene rings is 1. The molecule has 0 bridgehead atoms. The van der Waals surface area contributed by atoms with Crippen molar-refractivity contribution in [2.24, 2.45) is 5.92 Å². The van der Waals surface area contributed by atoms with Crippen molar-refractivity contribution in [1.29, 1.82) is 5.26 Å². The van der Waals surface area contributed by atoms with Gasteiger partial charge in [0.05, 0.1) is 30.1 Å². The molecule has 1 unspecified atom stereocenters. The Kier molecular flexibility index (Phi) is 6.27. The van der Waals surface area contributed by atoms with Crippen LogP contribution in [0.3, 0.4) is 0 Å². The molecule has 6 nitrogen and oxygen atoms in total. The third-order valence-corrected chi connectivity index (χ3v) is 4.93. The van der Waals surface area contributed by atoms with Crippen LogP contribution < -0.4 is 15.5 Å². The van der Waals surface area contributed by atoms with E-state index in [0.29, 0.717) is 0 Å². The number of carbonyl (C=O) groups excluding carboxylic acids is 1. The molecule has 1 heterocycles. The van der Waals surface area contributed by atoms with Crippen molar-refractivity contribution in [3.05, 3.63) is 24.3 Å². The molecule has 1 fully saturated rings. The summed E-state index contributed by atoms with van der Waals surface area (Å²) in [5, 5.41) is 25.0. The van der Waals surface area contributed by atoms with Crippen molar-refractivity contribution >= 4 is 17.3 Å². The zero-order chi connectivity index (χ0) is 18.4. The van der Waals surface area contributed by atoms with Crippen LogP contribution in [-0.2, 0) is 4.79 Å².